The van der Waals surface area contributed by atoms with Crippen molar-refractivity contribution in [1.29, 1.82) is 0 Å². The highest BCUT2D eigenvalue weighted by Crippen LogP contribution is 2.33. The van der Waals surface area contributed by atoms with Crippen LogP contribution in [0.1, 0.15) is 20.8 Å². The lowest BCUT2D eigenvalue weighted by Gasteiger charge is -2.32. The summed E-state index contributed by atoms with van der Waals surface area (Å²) in [4.78, 5) is 10.4. The summed E-state index contributed by atoms with van der Waals surface area (Å²) in [5, 5.41) is 8.51. The molecule has 0 spiro atoms. The van der Waals surface area contributed by atoms with Crippen LogP contribution in [0, 0.1) is 5.41 Å². The Kier molecular flexibility index (Phi) is 2.61. The third-order valence-corrected chi connectivity index (χ3v) is 1.81. The van der Waals surface area contributed by atoms with Crippen molar-refractivity contribution in [2.45, 2.75) is 26.4 Å². The standard InChI is InChI=1S/C7H14FNO2/c1-6(2,3)7(8,4-9)5(10)11/h4,9H2,1-3H3,(H,10,11). The molecule has 0 saturated heterocycles. The van der Waals surface area contributed by atoms with Crippen molar-refractivity contribution in [2.75, 3.05) is 6.54 Å². The second-order valence-corrected chi connectivity index (χ2v) is 3.56. The molecule has 0 aliphatic rings. The summed E-state index contributed by atoms with van der Waals surface area (Å²) in [5.74, 6) is -1.49. The lowest BCUT2D eigenvalue weighted by atomic mass is 9.78. The highest BCUT2D eigenvalue weighted by atomic mass is 19.1. The molecule has 1 unspecified atom stereocenters. The molecule has 0 amide bonds. The van der Waals surface area contributed by atoms with Gasteiger partial charge in [-0.3, -0.25) is 0 Å². The van der Waals surface area contributed by atoms with Gasteiger partial charge in [0.1, 0.15) is 0 Å². The number of rotatable bonds is 2. The summed E-state index contributed by atoms with van der Waals surface area (Å²) >= 11 is 0. The molecular weight excluding hydrogens is 149 g/mol. The van der Waals surface area contributed by atoms with Gasteiger partial charge in [-0.1, -0.05) is 20.8 Å². The second kappa shape index (κ2) is 2.77. The summed E-state index contributed by atoms with van der Waals surface area (Å²) in [7, 11) is 0. The summed E-state index contributed by atoms with van der Waals surface area (Å²) in [6.07, 6.45) is 0. The summed E-state index contributed by atoms with van der Waals surface area (Å²) in [6.45, 7) is 4.03. The van der Waals surface area contributed by atoms with Gasteiger partial charge in [-0.25, -0.2) is 9.18 Å². The van der Waals surface area contributed by atoms with E-state index in [4.69, 9.17) is 10.8 Å². The normalized spacial score (nSPS) is 17.5. The molecule has 0 rings (SSSR count). The average molecular weight is 163 g/mol. The molecular formula is C7H14FNO2. The van der Waals surface area contributed by atoms with Gasteiger partial charge in [0, 0.05) is 12.0 Å². The maximum absolute atomic E-state index is 13.4. The van der Waals surface area contributed by atoms with Crippen LogP contribution < -0.4 is 5.73 Å². The maximum atomic E-state index is 13.4. The zero-order valence-corrected chi connectivity index (χ0v) is 7.02. The van der Waals surface area contributed by atoms with Crippen molar-refractivity contribution in [1.82, 2.24) is 0 Å². The number of hydrogen-bond acceptors (Lipinski definition) is 2. The molecule has 3 nitrogen and oxygen atoms in total. The van der Waals surface area contributed by atoms with E-state index in [1.165, 1.54) is 20.8 Å². The van der Waals surface area contributed by atoms with Crippen molar-refractivity contribution < 1.29 is 14.3 Å². The van der Waals surface area contributed by atoms with Gasteiger partial charge in [0.15, 0.2) is 0 Å². The van der Waals surface area contributed by atoms with Gasteiger partial charge in [-0.2, -0.15) is 0 Å². The van der Waals surface area contributed by atoms with Crippen molar-refractivity contribution in [3.05, 3.63) is 0 Å². The largest absolute Gasteiger partial charge is 0.479 e. The van der Waals surface area contributed by atoms with Gasteiger partial charge in [0.25, 0.3) is 0 Å². The molecule has 0 aliphatic carbocycles. The monoisotopic (exact) mass is 163 g/mol. The first-order valence-electron chi connectivity index (χ1n) is 3.38. The van der Waals surface area contributed by atoms with Gasteiger partial charge >= 0.3 is 5.97 Å². The lowest BCUT2D eigenvalue weighted by molar-refractivity contribution is -0.158. The molecule has 0 aromatic carbocycles. The van der Waals surface area contributed by atoms with Crippen LogP contribution in [0.5, 0.6) is 0 Å². The van der Waals surface area contributed by atoms with E-state index in [0.29, 0.717) is 0 Å². The number of halogens is 1. The van der Waals surface area contributed by atoms with E-state index in [9.17, 15) is 9.18 Å². The Morgan fingerprint density at radius 3 is 1.91 bits per heavy atom. The van der Waals surface area contributed by atoms with E-state index in [1.807, 2.05) is 0 Å². The minimum absolute atomic E-state index is 0.494. The number of hydrogen-bond donors (Lipinski definition) is 2. The summed E-state index contributed by atoms with van der Waals surface area (Å²) in [5.41, 5.74) is 1.75. The molecule has 1 atom stereocenters. The number of carbonyl (C=O) groups is 1. The number of carboxylic acids is 1. The van der Waals surface area contributed by atoms with Crippen LogP contribution in [0.2, 0.25) is 0 Å². The van der Waals surface area contributed by atoms with E-state index in [1.54, 1.807) is 0 Å². The maximum Gasteiger partial charge on any atom is 0.343 e. The van der Waals surface area contributed by atoms with Crippen LogP contribution >= 0.6 is 0 Å². The lowest BCUT2D eigenvalue weighted by Crippen LogP contribution is -2.51. The Bertz CT molecular complexity index is 164. The number of alkyl halides is 1. The zero-order chi connectivity index (χ0) is 9.28. The van der Waals surface area contributed by atoms with Crippen molar-refractivity contribution in [3.8, 4) is 0 Å². The number of carboxylic acid groups (broad SMARTS) is 1. The molecule has 0 aliphatic heterocycles. The Morgan fingerprint density at radius 1 is 1.55 bits per heavy atom. The predicted octanol–water partition coefficient (Wildman–Crippen LogP) is 0.784. The van der Waals surface area contributed by atoms with Gasteiger partial charge in [-0.05, 0) is 0 Å². The van der Waals surface area contributed by atoms with E-state index >= 15 is 0 Å². The molecule has 4 heteroatoms. The topological polar surface area (TPSA) is 63.3 Å². The van der Waals surface area contributed by atoms with Crippen LogP contribution in [-0.4, -0.2) is 23.3 Å². The molecule has 0 aromatic heterocycles. The molecule has 11 heavy (non-hydrogen) atoms. The fourth-order valence-corrected chi connectivity index (χ4v) is 0.714. The highest BCUT2D eigenvalue weighted by molar-refractivity contribution is 5.78. The molecule has 0 heterocycles. The molecule has 0 radical (unpaired) electrons. The van der Waals surface area contributed by atoms with E-state index in [-0.39, 0.29) is 0 Å². The van der Waals surface area contributed by atoms with Gasteiger partial charge in [0.05, 0.1) is 0 Å². The minimum Gasteiger partial charge on any atom is -0.479 e. The fraction of sp³-hybridized carbons (Fsp3) is 0.857. The average Bonchev–Trinajstić information content (AvgIpc) is 1.83. The Labute approximate surface area is 65.4 Å². The molecule has 66 valence electrons. The highest BCUT2D eigenvalue weighted by Gasteiger charge is 2.48. The van der Waals surface area contributed by atoms with E-state index in [0.717, 1.165) is 0 Å². The van der Waals surface area contributed by atoms with Crippen LogP contribution in [0.15, 0.2) is 0 Å². The Morgan fingerprint density at radius 2 is 1.91 bits per heavy atom. The molecule has 0 fully saturated rings. The zero-order valence-electron chi connectivity index (χ0n) is 7.02. The number of nitrogens with two attached hydrogens (primary N) is 1. The SMILES string of the molecule is CC(C)(C)C(F)(CN)C(=O)O. The molecule has 3 N–H and O–H groups in total. The Balaban J connectivity index is 4.75. The summed E-state index contributed by atoms with van der Waals surface area (Å²) in [6, 6.07) is 0. The predicted molar refractivity (Wildman–Crippen MR) is 40.0 cm³/mol. The van der Waals surface area contributed by atoms with Crippen molar-refractivity contribution in [3.63, 3.8) is 0 Å². The van der Waals surface area contributed by atoms with Gasteiger partial charge in [0.2, 0.25) is 5.67 Å². The van der Waals surface area contributed by atoms with Crippen LogP contribution in [0.25, 0.3) is 0 Å². The second-order valence-electron chi connectivity index (χ2n) is 3.56. The molecule has 0 bridgehead atoms. The van der Waals surface area contributed by atoms with Crippen LogP contribution in [0.4, 0.5) is 4.39 Å². The fourth-order valence-electron chi connectivity index (χ4n) is 0.714. The molecule has 0 aromatic rings. The Hall–Kier alpha value is -0.640. The first-order valence-corrected chi connectivity index (χ1v) is 3.38. The minimum atomic E-state index is -2.33. The molecule has 0 saturated carbocycles. The van der Waals surface area contributed by atoms with Crippen LogP contribution in [-0.2, 0) is 4.79 Å². The van der Waals surface area contributed by atoms with Crippen LogP contribution in [0.3, 0.4) is 0 Å². The van der Waals surface area contributed by atoms with Gasteiger partial charge < -0.3 is 10.8 Å². The quantitative estimate of drug-likeness (QED) is 0.632. The van der Waals surface area contributed by atoms with Crippen molar-refractivity contribution in [2.24, 2.45) is 11.1 Å². The first-order chi connectivity index (χ1) is 4.75. The third kappa shape index (κ3) is 1.68. The first kappa shape index (κ1) is 10.4. The van der Waals surface area contributed by atoms with E-state index in [2.05, 4.69) is 0 Å². The third-order valence-electron chi connectivity index (χ3n) is 1.81. The van der Waals surface area contributed by atoms with Crippen molar-refractivity contribution >= 4 is 5.97 Å². The van der Waals surface area contributed by atoms with E-state index < -0.39 is 23.6 Å². The summed E-state index contributed by atoms with van der Waals surface area (Å²) < 4.78 is 13.4. The van der Waals surface area contributed by atoms with Gasteiger partial charge in [-0.15, -0.1) is 0 Å². The number of aliphatic carboxylic acids is 1. The smallest absolute Gasteiger partial charge is 0.343 e.